The summed E-state index contributed by atoms with van der Waals surface area (Å²) in [6, 6.07) is 68.5. The van der Waals surface area contributed by atoms with Gasteiger partial charge >= 0.3 is 0 Å². The fourth-order valence-electron chi connectivity index (χ4n) is 8.45. The summed E-state index contributed by atoms with van der Waals surface area (Å²) in [4.78, 5) is 15.6. The third-order valence-electron chi connectivity index (χ3n) is 11.0. The summed E-state index contributed by atoms with van der Waals surface area (Å²) in [6.07, 6.45) is 0. The van der Waals surface area contributed by atoms with Gasteiger partial charge in [-0.1, -0.05) is 151 Å². The maximum atomic E-state index is 5.29. The molecule has 0 saturated heterocycles. The number of aromatic nitrogens is 5. The summed E-state index contributed by atoms with van der Waals surface area (Å²) < 4.78 is 4.77. The van der Waals surface area contributed by atoms with Crippen LogP contribution in [0.4, 0.5) is 0 Å². The molecule has 3 heterocycles. The Hall–Kier alpha value is -7.63. The molecular weight excluding hydrogens is 695 g/mol. The number of para-hydroxylation sites is 4. The van der Waals surface area contributed by atoms with Crippen LogP contribution in [0, 0.1) is 6.92 Å². The van der Waals surface area contributed by atoms with Crippen molar-refractivity contribution in [3.05, 3.63) is 200 Å². The van der Waals surface area contributed by atoms with Crippen molar-refractivity contribution in [1.82, 2.24) is 24.1 Å². The Morgan fingerprint density at radius 3 is 1.37 bits per heavy atom. The van der Waals surface area contributed by atoms with E-state index >= 15 is 0 Å². The molecule has 0 radical (unpaired) electrons. The molecule has 0 aliphatic rings. The highest BCUT2D eigenvalue weighted by Crippen LogP contribution is 2.41. The molecule has 3 aromatic heterocycles. The monoisotopic (exact) mass is 729 g/mol. The second kappa shape index (κ2) is 13.3. The lowest BCUT2D eigenvalue weighted by Gasteiger charge is -2.18. The van der Waals surface area contributed by atoms with E-state index in [0.717, 1.165) is 50.2 Å². The highest BCUT2D eigenvalue weighted by Gasteiger charge is 2.22. The van der Waals surface area contributed by atoms with Gasteiger partial charge in [-0.15, -0.1) is 0 Å². The van der Waals surface area contributed by atoms with E-state index in [0.29, 0.717) is 17.5 Å². The summed E-state index contributed by atoms with van der Waals surface area (Å²) in [7, 11) is 0. The molecule has 8 aromatic carbocycles. The Morgan fingerprint density at radius 1 is 0.316 bits per heavy atom. The number of nitrogens with zero attached hydrogens (tertiary/aromatic N) is 5. The number of hydrogen-bond acceptors (Lipinski definition) is 3. The highest BCUT2D eigenvalue weighted by molar-refractivity contribution is 6.11. The molecule has 5 heteroatoms. The Balaban J connectivity index is 1.22. The van der Waals surface area contributed by atoms with E-state index in [1.165, 1.54) is 38.1 Å². The zero-order valence-electron chi connectivity index (χ0n) is 31.2. The van der Waals surface area contributed by atoms with Gasteiger partial charge in [-0.25, -0.2) is 15.0 Å². The topological polar surface area (TPSA) is 48.5 Å². The van der Waals surface area contributed by atoms with Gasteiger partial charge in [-0.2, -0.15) is 0 Å². The van der Waals surface area contributed by atoms with Crippen molar-refractivity contribution in [2.24, 2.45) is 0 Å². The van der Waals surface area contributed by atoms with Gasteiger partial charge in [0, 0.05) is 43.8 Å². The molecule has 0 atom stereocenters. The molecule has 57 heavy (non-hydrogen) atoms. The van der Waals surface area contributed by atoms with Crippen LogP contribution < -0.4 is 0 Å². The van der Waals surface area contributed by atoms with Gasteiger partial charge in [0.2, 0.25) is 0 Å². The second-order valence-corrected chi connectivity index (χ2v) is 14.5. The third kappa shape index (κ3) is 5.43. The first-order valence-electron chi connectivity index (χ1n) is 19.3. The van der Waals surface area contributed by atoms with E-state index < -0.39 is 0 Å². The zero-order chi connectivity index (χ0) is 37.9. The maximum Gasteiger partial charge on any atom is 0.166 e. The maximum absolute atomic E-state index is 5.29. The standard InChI is InChI=1S/C52H35N5/c1-34-28-30-48-42(32-34)41-23-11-15-27-47(41)57(48)49-31-29-37(38-20-8-12-24-44(38)56-45-25-13-9-21-39(45)40-22-10-14-26-46(40)56)33-43(49)52-54-50(35-16-4-2-5-17-35)53-51(55-52)36-18-6-3-7-19-36/h2-33H,1H3. The van der Waals surface area contributed by atoms with E-state index in [2.05, 4.69) is 174 Å². The van der Waals surface area contributed by atoms with Crippen molar-refractivity contribution in [2.75, 3.05) is 0 Å². The molecule has 5 nitrogen and oxygen atoms in total. The van der Waals surface area contributed by atoms with Crippen LogP contribution in [0.25, 0.3) is 100 Å². The molecule has 0 saturated carbocycles. The van der Waals surface area contributed by atoms with Crippen LogP contribution in [-0.2, 0) is 0 Å². The first kappa shape index (κ1) is 32.8. The Bertz CT molecular complexity index is 3190. The van der Waals surface area contributed by atoms with Gasteiger partial charge in [0.05, 0.1) is 33.4 Å². The predicted molar refractivity (Wildman–Crippen MR) is 235 cm³/mol. The van der Waals surface area contributed by atoms with E-state index in [4.69, 9.17) is 15.0 Å². The van der Waals surface area contributed by atoms with Crippen molar-refractivity contribution in [3.8, 4) is 56.7 Å². The Morgan fingerprint density at radius 2 is 0.772 bits per heavy atom. The van der Waals surface area contributed by atoms with Crippen LogP contribution in [0.15, 0.2) is 194 Å². The highest BCUT2D eigenvalue weighted by atomic mass is 15.1. The number of aryl methyl sites for hydroxylation is 1. The Labute approximate surface area is 329 Å². The summed E-state index contributed by atoms with van der Waals surface area (Å²) in [5.74, 6) is 1.85. The average molecular weight is 730 g/mol. The van der Waals surface area contributed by atoms with Gasteiger partial charge in [-0.05, 0) is 61.0 Å². The quantitative estimate of drug-likeness (QED) is 0.171. The van der Waals surface area contributed by atoms with Crippen LogP contribution in [0.3, 0.4) is 0 Å². The SMILES string of the molecule is Cc1ccc2c(c1)c1ccccc1n2-c1ccc(-c2ccccc2-n2c3ccccc3c3ccccc32)cc1-c1nc(-c2ccccc2)nc(-c2ccccc2)n1. The molecular formula is C52H35N5. The van der Waals surface area contributed by atoms with Gasteiger partial charge in [-0.3, -0.25) is 0 Å². The van der Waals surface area contributed by atoms with Crippen molar-refractivity contribution in [1.29, 1.82) is 0 Å². The minimum atomic E-state index is 0.604. The molecule has 0 aliphatic heterocycles. The third-order valence-corrected chi connectivity index (χ3v) is 11.0. The van der Waals surface area contributed by atoms with Gasteiger partial charge < -0.3 is 9.13 Å². The van der Waals surface area contributed by atoms with E-state index in [1.54, 1.807) is 0 Å². The normalized spacial score (nSPS) is 11.6. The lowest BCUT2D eigenvalue weighted by Crippen LogP contribution is -2.04. The molecule has 0 fully saturated rings. The van der Waals surface area contributed by atoms with Crippen molar-refractivity contribution >= 4 is 43.6 Å². The van der Waals surface area contributed by atoms with Crippen LogP contribution >= 0.6 is 0 Å². The van der Waals surface area contributed by atoms with Crippen molar-refractivity contribution < 1.29 is 0 Å². The van der Waals surface area contributed by atoms with Crippen molar-refractivity contribution in [3.63, 3.8) is 0 Å². The molecule has 0 bridgehead atoms. The summed E-state index contributed by atoms with van der Waals surface area (Å²) >= 11 is 0. The minimum Gasteiger partial charge on any atom is -0.309 e. The fourth-order valence-corrected chi connectivity index (χ4v) is 8.45. The molecule has 0 aliphatic carbocycles. The lowest BCUT2D eigenvalue weighted by molar-refractivity contribution is 1.06. The average Bonchev–Trinajstić information content (AvgIpc) is 3.79. The number of fused-ring (bicyclic) bond motifs is 6. The van der Waals surface area contributed by atoms with Crippen LogP contribution in [-0.4, -0.2) is 24.1 Å². The molecule has 0 unspecified atom stereocenters. The molecule has 0 spiro atoms. The van der Waals surface area contributed by atoms with Crippen LogP contribution in [0.2, 0.25) is 0 Å². The number of rotatable bonds is 6. The number of benzene rings is 8. The largest absolute Gasteiger partial charge is 0.309 e. The van der Waals surface area contributed by atoms with Gasteiger partial charge in [0.25, 0.3) is 0 Å². The van der Waals surface area contributed by atoms with Crippen molar-refractivity contribution in [2.45, 2.75) is 6.92 Å². The number of hydrogen-bond donors (Lipinski definition) is 0. The summed E-state index contributed by atoms with van der Waals surface area (Å²) in [5.41, 5.74) is 12.8. The Kier molecular flexibility index (Phi) is 7.64. The molecule has 268 valence electrons. The fraction of sp³-hybridized carbons (Fsp3) is 0.0192. The first-order valence-corrected chi connectivity index (χ1v) is 19.3. The van der Waals surface area contributed by atoms with Gasteiger partial charge in [0.1, 0.15) is 0 Å². The molecule has 11 rings (SSSR count). The smallest absolute Gasteiger partial charge is 0.166 e. The van der Waals surface area contributed by atoms with Gasteiger partial charge in [0.15, 0.2) is 17.5 Å². The lowest BCUT2D eigenvalue weighted by atomic mass is 9.99. The van der Waals surface area contributed by atoms with E-state index in [-0.39, 0.29) is 0 Å². The second-order valence-electron chi connectivity index (χ2n) is 14.5. The van der Waals surface area contributed by atoms with Crippen LogP contribution in [0.5, 0.6) is 0 Å². The van der Waals surface area contributed by atoms with E-state index in [9.17, 15) is 0 Å². The molecule has 0 amide bonds. The molecule has 11 aromatic rings. The predicted octanol–water partition coefficient (Wildman–Crippen LogP) is 13.0. The van der Waals surface area contributed by atoms with E-state index in [1.807, 2.05) is 36.4 Å². The summed E-state index contributed by atoms with van der Waals surface area (Å²) in [5, 5.41) is 4.87. The van der Waals surface area contributed by atoms with Crippen LogP contribution in [0.1, 0.15) is 5.56 Å². The molecule has 0 N–H and O–H groups in total. The summed E-state index contributed by atoms with van der Waals surface area (Å²) in [6.45, 7) is 2.15. The first-order chi connectivity index (χ1) is 28.2. The zero-order valence-corrected chi connectivity index (χ0v) is 31.2. The minimum absolute atomic E-state index is 0.604.